The number of nitrogens with zero attached hydrogens (tertiary/aromatic N) is 2. The molecule has 0 spiro atoms. The van der Waals surface area contributed by atoms with E-state index in [4.69, 9.17) is 9.47 Å². The standard InChI is InChI=1S/C20H21N3O4S/c1-26-16-10-13(17-14(11-21)18(24)23-20(22-17)28-2)8-9-15(16)27-19(25)12-6-4-3-5-7-12/h8-10,12H,3-7H2,1-2H3,(H,22,23,24). The molecule has 0 unspecified atom stereocenters. The van der Waals surface area contributed by atoms with Crippen molar-refractivity contribution in [2.75, 3.05) is 13.4 Å². The Morgan fingerprint density at radius 3 is 2.68 bits per heavy atom. The van der Waals surface area contributed by atoms with Crippen LogP contribution in [0.5, 0.6) is 11.5 Å². The summed E-state index contributed by atoms with van der Waals surface area (Å²) < 4.78 is 10.9. The van der Waals surface area contributed by atoms with Crippen molar-refractivity contribution in [3.63, 3.8) is 0 Å². The van der Waals surface area contributed by atoms with Gasteiger partial charge in [-0.25, -0.2) is 4.98 Å². The maximum atomic E-state index is 12.4. The number of rotatable bonds is 5. The van der Waals surface area contributed by atoms with Crippen LogP contribution in [0.3, 0.4) is 0 Å². The molecule has 1 heterocycles. The van der Waals surface area contributed by atoms with Crippen LogP contribution in [0.1, 0.15) is 37.7 Å². The van der Waals surface area contributed by atoms with E-state index in [1.54, 1.807) is 24.5 Å². The zero-order valence-corrected chi connectivity index (χ0v) is 16.6. The predicted molar refractivity (Wildman–Crippen MR) is 106 cm³/mol. The molecule has 0 amide bonds. The summed E-state index contributed by atoms with van der Waals surface area (Å²) in [4.78, 5) is 31.5. The first-order valence-corrected chi connectivity index (χ1v) is 10.3. The Labute approximate surface area is 167 Å². The number of hydrogen-bond donors (Lipinski definition) is 1. The van der Waals surface area contributed by atoms with Gasteiger partial charge in [-0.05, 0) is 37.3 Å². The number of hydrogen-bond acceptors (Lipinski definition) is 7. The molecule has 1 aliphatic carbocycles. The van der Waals surface area contributed by atoms with E-state index >= 15 is 0 Å². The molecular weight excluding hydrogens is 378 g/mol. The quantitative estimate of drug-likeness (QED) is 0.355. The lowest BCUT2D eigenvalue weighted by Gasteiger charge is -2.20. The monoisotopic (exact) mass is 399 g/mol. The van der Waals surface area contributed by atoms with Gasteiger partial charge in [0.05, 0.1) is 18.7 Å². The van der Waals surface area contributed by atoms with Crippen LogP contribution in [-0.4, -0.2) is 29.3 Å². The molecule has 0 atom stereocenters. The number of esters is 1. The maximum absolute atomic E-state index is 12.4. The molecule has 28 heavy (non-hydrogen) atoms. The summed E-state index contributed by atoms with van der Waals surface area (Å²) in [7, 11) is 1.47. The predicted octanol–water partition coefficient (Wildman–Crippen LogP) is 3.52. The maximum Gasteiger partial charge on any atom is 0.314 e. The lowest BCUT2D eigenvalue weighted by Crippen LogP contribution is -2.23. The van der Waals surface area contributed by atoms with Crippen molar-refractivity contribution in [1.82, 2.24) is 9.97 Å². The van der Waals surface area contributed by atoms with Gasteiger partial charge in [0, 0.05) is 5.56 Å². The van der Waals surface area contributed by atoms with E-state index in [0.29, 0.717) is 22.2 Å². The number of nitriles is 1. The highest BCUT2D eigenvalue weighted by Crippen LogP contribution is 2.34. The molecule has 0 aliphatic heterocycles. The number of H-pyrrole nitrogens is 1. The van der Waals surface area contributed by atoms with Gasteiger partial charge in [0.15, 0.2) is 16.7 Å². The van der Waals surface area contributed by atoms with Crippen LogP contribution in [0.25, 0.3) is 11.3 Å². The zero-order valence-electron chi connectivity index (χ0n) is 15.8. The Morgan fingerprint density at radius 2 is 2.04 bits per heavy atom. The van der Waals surface area contributed by atoms with Gasteiger partial charge >= 0.3 is 5.97 Å². The third-order valence-corrected chi connectivity index (χ3v) is 5.37. The van der Waals surface area contributed by atoms with Crippen molar-refractivity contribution < 1.29 is 14.3 Å². The third-order valence-electron chi connectivity index (χ3n) is 4.79. The van der Waals surface area contributed by atoms with Gasteiger partial charge in [-0.1, -0.05) is 31.0 Å². The highest BCUT2D eigenvalue weighted by Gasteiger charge is 2.24. The van der Waals surface area contributed by atoms with Crippen molar-refractivity contribution in [1.29, 1.82) is 5.26 Å². The number of carbonyl (C=O) groups is 1. The van der Waals surface area contributed by atoms with Gasteiger partial charge in [0.1, 0.15) is 11.6 Å². The van der Waals surface area contributed by atoms with Crippen LogP contribution in [0.2, 0.25) is 0 Å². The number of aromatic amines is 1. The van der Waals surface area contributed by atoms with Crippen molar-refractivity contribution in [2.45, 2.75) is 37.3 Å². The summed E-state index contributed by atoms with van der Waals surface area (Å²) in [6.45, 7) is 0. The minimum atomic E-state index is -0.497. The lowest BCUT2D eigenvalue weighted by molar-refractivity contribution is -0.140. The topological polar surface area (TPSA) is 105 Å². The molecule has 2 aromatic rings. The Bertz CT molecular complexity index is 974. The minimum absolute atomic E-state index is 0.0770. The highest BCUT2D eigenvalue weighted by molar-refractivity contribution is 7.98. The first-order valence-electron chi connectivity index (χ1n) is 9.06. The van der Waals surface area contributed by atoms with Gasteiger partial charge < -0.3 is 14.5 Å². The molecule has 0 bridgehead atoms. The summed E-state index contributed by atoms with van der Waals surface area (Å²) in [5.74, 6) is 0.331. The molecule has 0 radical (unpaired) electrons. The molecule has 1 saturated carbocycles. The second-order valence-electron chi connectivity index (χ2n) is 6.53. The highest BCUT2D eigenvalue weighted by atomic mass is 32.2. The van der Waals surface area contributed by atoms with Crippen molar-refractivity contribution in [3.05, 3.63) is 34.1 Å². The van der Waals surface area contributed by atoms with Crippen LogP contribution in [0.4, 0.5) is 0 Å². The largest absolute Gasteiger partial charge is 0.493 e. The second-order valence-corrected chi connectivity index (χ2v) is 7.33. The Morgan fingerprint density at radius 1 is 1.29 bits per heavy atom. The third kappa shape index (κ3) is 4.20. The Hall–Kier alpha value is -2.79. The summed E-state index contributed by atoms with van der Waals surface area (Å²) in [6, 6.07) is 6.79. The first-order chi connectivity index (χ1) is 13.6. The number of ether oxygens (including phenoxy) is 2. The molecule has 1 aromatic heterocycles. The smallest absolute Gasteiger partial charge is 0.314 e. The molecule has 8 heteroatoms. The fourth-order valence-corrected chi connectivity index (χ4v) is 3.67. The van der Waals surface area contributed by atoms with E-state index in [1.807, 2.05) is 6.07 Å². The second kappa shape index (κ2) is 8.93. The summed E-state index contributed by atoms with van der Waals surface area (Å²) in [5.41, 5.74) is 0.224. The number of aromatic nitrogens is 2. The summed E-state index contributed by atoms with van der Waals surface area (Å²) in [5, 5.41) is 9.76. The number of methoxy groups -OCH3 is 1. The van der Waals surface area contributed by atoms with Crippen LogP contribution < -0.4 is 15.0 Å². The van der Waals surface area contributed by atoms with Crippen molar-refractivity contribution in [2.24, 2.45) is 5.92 Å². The average molecular weight is 399 g/mol. The van der Waals surface area contributed by atoms with Gasteiger partial charge in [-0.2, -0.15) is 5.26 Å². The van der Waals surface area contributed by atoms with Crippen LogP contribution in [0.15, 0.2) is 28.2 Å². The molecule has 1 N–H and O–H groups in total. The van der Waals surface area contributed by atoms with Crippen LogP contribution in [-0.2, 0) is 4.79 Å². The van der Waals surface area contributed by atoms with Gasteiger partial charge in [-0.15, -0.1) is 0 Å². The van der Waals surface area contributed by atoms with E-state index < -0.39 is 5.56 Å². The molecule has 3 rings (SSSR count). The van der Waals surface area contributed by atoms with E-state index in [-0.39, 0.29) is 23.1 Å². The average Bonchev–Trinajstić information content (AvgIpc) is 2.73. The van der Waals surface area contributed by atoms with Crippen LogP contribution >= 0.6 is 11.8 Å². The van der Waals surface area contributed by atoms with Crippen LogP contribution in [0, 0.1) is 17.2 Å². The van der Waals surface area contributed by atoms with Gasteiger partial charge in [0.2, 0.25) is 0 Å². The van der Waals surface area contributed by atoms with E-state index in [2.05, 4.69) is 9.97 Å². The number of benzene rings is 1. The van der Waals surface area contributed by atoms with Gasteiger partial charge in [-0.3, -0.25) is 9.59 Å². The molecule has 1 aliphatic rings. The fourth-order valence-electron chi connectivity index (χ4n) is 3.29. The SMILES string of the molecule is COc1cc(-c2nc(SC)[nH]c(=O)c2C#N)ccc1OC(=O)C1CCCCC1. The molecular formula is C20H21N3O4S. The molecule has 1 aromatic carbocycles. The molecule has 1 fully saturated rings. The summed E-state index contributed by atoms with van der Waals surface area (Å²) >= 11 is 1.27. The van der Waals surface area contributed by atoms with E-state index in [0.717, 1.165) is 32.1 Å². The lowest BCUT2D eigenvalue weighted by atomic mass is 9.89. The number of carbonyl (C=O) groups excluding carboxylic acids is 1. The molecule has 0 saturated heterocycles. The number of nitrogens with one attached hydrogen (secondary N) is 1. The fraction of sp³-hybridized carbons (Fsp3) is 0.400. The molecule has 146 valence electrons. The molecule has 7 nitrogen and oxygen atoms in total. The van der Waals surface area contributed by atoms with E-state index in [1.165, 1.54) is 18.9 Å². The Kier molecular flexibility index (Phi) is 6.37. The Balaban J connectivity index is 1.94. The first kappa shape index (κ1) is 20.0. The van der Waals surface area contributed by atoms with Crippen molar-refractivity contribution in [3.8, 4) is 28.8 Å². The van der Waals surface area contributed by atoms with Crippen molar-refractivity contribution >= 4 is 17.7 Å². The number of thioether (sulfide) groups is 1. The normalized spacial score (nSPS) is 14.3. The summed E-state index contributed by atoms with van der Waals surface area (Å²) in [6.07, 6.45) is 6.71. The zero-order chi connectivity index (χ0) is 20.1. The van der Waals surface area contributed by atoms with Gasteiger partial charge in [0.25, 0.3) is 5.56 Å². The van der Waals surface area contributed by atoms with E-state index in [9.17, 15) is 14.9 Å². The minimum Gasteiger partial charge on any atom is -0.493 e.